The van der Waals surface area contributed by atoms with Gasteiger partial charge in [-0.2, -0.15) is 0 Å². The first-order valence-corrected chi connectivity index (χ1v) is 7.06. The van der Waals surface area contributed by atoms with E-state index < -0.39 is 4.92 Å². The monoisotopic (exact) mass is 287 g/mol. The summed E-state index contributed by atoms with van der Waals surface area (Å²) >= 11 is 0. The van der Waals surface area contributed by atoms with Gasteiger partial charge in [-0.05, 0) is 18.9 Å². The van der Waals surface area contributed by atoms with Crippen LogP contribution in [-0.4, -0.2) is 27.0 Å². The molecule has 110 valence electrons. The maximum atomic E-state index is 10.9. The average molecular weight is 287 g/mol. The number of nitrogens with two attached hydrogens (primary N) is 1. The van der Waals surface area contributed by atoms with E-state index in [4.69, 9.17) is 5.73 Å². The fraction of sp³-hybridized carbons (Fsp3) is 0.429. The molecule has 1 aliphatic carbocycles. The molecule has 0 radical (unpaired) electrons. The molecular formula is C14H17N5O2. The number of hydrogen-bond acceptors (Lipinski definition) is 6. The van der Waals surface area contributed by atoms with Crippen molar-refractivity contribution in [1.29, 1.82) is 0 Å². The second-order valence-electron chi connectivity index (χ2n) is 5.38. The van der Waals surface area contributed by atoms with Gasteiger partial charge in [0, 0.05) is 29.6 Å². The van der Waals surface area contributed by atoms with E-state index in [0.29, 0.717) is 16.7 Å². The zero-order valence-electron chi connectivity index (χ0n) is 11.5. The van der Waals surface area contributed by atoms with Crippen LogP contribution in [0.5, 0.6) is 0 Å². The van der Waals surface area contributed by atoms with Gasteiger partial charge in [0.15, 0.2) is 0 Å². The minimum atomic E-state index is -0.414. The molecule has 1 saturated carbocycles. The summed E-state index contributed by atoms with van der Waals surface area (Å²) in [6, 6.07) is 4.83. The van der Waals surface area contributed by atoms with E-state index in [1.807, 2.05) is 0 Å². The Kier molecular flexibility index (Phi) is 3.66. The Bertz CT molecular complexity index is 675. The molecule has 7 heteroatoms. The van der Waals surface area contributed by atoms with Crippen molar-refractivity contribution in [2.24, 2.45) is 5.73 Å². The summed E-state index contributed by atoms with van der Waals surface area (Å²) in [5.74, 6) is 0.617. The third kappa shape index (κ3) is 2.78. The Morgan fingerprint density at radius 3 is 2.86 bits per heavy atom. The summed E-state index contributed by atoms with van der Waals surface area (Å²) in [6.45, 7) is 0. The van der Waals surface area contributed by atoms with E-state index in [9.17, 15) is 10.1 Å². The number of hydrogen-bond donors (Lipinski definition) is 2. The molecular weight excluding hydrogens is 270 g/mol. The molecule has 0 aliphatic heterocycles. The van der Waals surface area contributed by atoms with E-state index in [0.717, 1.165) is 25.7 Å². The SMILES string of the molecule is NC1CCCCC1Nc1ncnc2ccc([N+](=O)[O-])cc12. The van der Waals surface area contributed by atoms with Crippen LogP contribution in [0.3, 0.4) is 0 Å². The van der Waals surface area contributed by atoms with Gasteiger partial charge in [-0.3, -0.25) is 10.1 Å². The minimum absolute atomic E-state index is 0.0355. The first-order chi connectivity index (χ1) is 10.1. The van der Waals surface area contributed by atoms with Crippen LogP contribution in [0, 0.1) is 10.1 Å². The highest BCUT2D eigenvalue weighted by Gasteiger charge is 2.22. The van der Waals surface area contributed by atoms with Gasteiger partial charge < -0.3 is 11.1 Å². The Morgan fingerprint density at radius 2 is 2.10 bits per heavy atom. The zero-order valence-corrected chi connectivity index (χ0v) is 11.5. The number of nitrogens with one attached hydrogen (secondary N) is 1. The van der Waals surface area contributed by atoms with Crippen molar-refractivity contribution in [2.75, 3.05) is 5.32 Å². The topological polar surface area (TPSA) is 107 Å². The van der Waals surface area contributed by atoms with Gasteiger partial charge >= 0.3 is 0 Å². The molecule has 1 aromatic heterocycles. The lowest BCUT2D eigenvalue weighted by Crippen LogP contribution is -2.42. The standard InChI is InChI=1S/C14H17N5O2/c15-11-3-1-2-4-13(11)18-14-10-7-9(19(20)21)5-6-12(10)16-8-17-14/h5-8,11,13H,1-4,15H2,(H,16,17,18). The summed E-state index contributed by atoms with van der Waals surface area (Å²) in [4.78, 5) is 18.9. The lowest BCUT2D eigenvalue weighted by molar-refractivity contribution is -0.384. The van der Waals surface area contributed by atoms with Crippen molar-refractivity contribution in [3.8, 4) is 0 Å². The van der Waals surface area contributed by atoms with Gasteiger partial charge in [0.05, 0.1) is 10.4 Å². The van der Waals surface area contributed by atoms with Crippen LogP contribution >= 0.6 is 0 Å². The van der Waals surface area contributed by atoms with Crippen LogP contribution in [0.25, 0.3) is 10.9 Å². The molecule has 0 amide bonds. The second kappa shape index (κ2) is 5.61. The lowest BCUT2D eigenvalue weighted by Gasteiger charge is -2.29. The average Bonchev–Trinajstić information content (AvgIpc) is 2.49. The van der Waals surface area contributed by atoms with Gasteiger partial charge in [0.2, 0.25) is 0 Å². The fourth-order valence-corrected chi connectivity index (χ4v) is 2.79. The Hall–Kier alpha value is -2.28. The Labute approximate surface area is 121 Å². The molecule has 21 heavy (non-hydrogen) atoms. The van der Waals surface area contributed by atoms with Gasteiger partial charge in [0.1, 0.15) is 12.1 Å². The fourth-order valence-electron chi connectivity index (χ4n) is 2.79. The molecule has 7 nitrogen and oxygen atoms in total. The van der Waals surface area contributed by atoms with E-state index in [-0.39, 0.29) is 17.8 Å². The number of nitro benzene ring substituents is 1. The molecule has 0 saturated heterocycles. The molecule has 2 atom stereocenters. The molecule has 1 aromatic carbocycles. The van der Waals surface area contributed by atoms with Crippen molar-refractivity contribution < 1.29 is 4.92 Å². The molecule has 3 N–H and O–H groups in total. The predicted molar refractivity (Wildman–Crippen MR) is 80.0 cm³/mol. The first kappa shape index (κ1) is 13.7. The lowest BCUT2D eigenvalue weighted by atomic mass is 9.91. The molecule has 1 aliphatic rings. The van der Waals surface area contributed by atoms with Crippen LogP contribution in [0.15, 0.2) is 24.5 Å². The highest BCUT2D eigenvalue weighted by atomic mass is 16.6. The molecule has 2 aromatic rings. The number of non-ortho nitro benzene ring substituents is 1. The normalized spacial score (nSPS) is 22.1. The second-order valence-corrected chi connectivity index (χ2v) is 5.38. The maximum absolute atomic E-state index is 10.9. The Balaban J connectivity index is 1.97. The molecule has 1 fully saturated rings. The molecule has 0 spiro atoms. The van der Waals surface area contributed by atoms with Crippen molar-refractivity contribution >= 4 is 22.4 Å². The zero-order chi connectivity index (χ0) is 14.8. The van der Waals surface area contributed by atoms with Crippen molar-refractivity contribution in [3.63, 3.8) is 0 Å². The molecule has 0 bridgehead atoms. The summed E-state index contributed by atoms with van der Waals surface area (Å²) in [5, 5.41) is 14.9. The van der Waals surface area contributed by atoms with E-state index in [2.05, 4.69) is 15.3 Å². The third-order valence-corrected chi connectivity index (χ3v) is 3.97. The number of benzene rings is 1. The molecule has 3 rings (SSSR count). The van der Waals surface area contributed by atoms with Crippen LogP contribution < -0.4 is 11.1 Å². The van der Waals surface area contributed by atoms with Crippen molar-refractivity contribution in [3.05, 3.63) is 34.6 Å². The quantitative estimate of drug-likeness (QED) is 0.662. The summed E-state index contributed by atoms with van der Waals surface area (Å²) < 4.78 is 0. The summed E-state index contributed by atoms with van der Waals surface area (Å²) in [7, 11) is 0. The Morgan fingerprint density at radius 1 is 1.29 bits per heavy atom. The molecule has 1 heterocycles. The van der Waals surface area contributed by atoms with Crippen LogP contribution in [0.4, 0.5) is 11.5 Å². The first-order valence-electron chi connectivity index (χ1n) is 7.06. The van der Waals surface area contributed by atoms with Crippen LogP contribution in [0.1, 0.15) is 25.7 Å². The van der Waals surface area contributed by atoms with E-state index >= 15 is 0 Å². The maximum Gasteiger partial charge on any atom is 0.270 e. The van der Waals surface area contributed by atoms with Gasteiger partial charge in [-0.1, -0.05) is 12.8 Å². The number of fused-ring (bicyclic) bond motifs is 1. The van der Waals surface area contributed by atoms with Crippen molar-refractivity contribution in [1.82, 2.24) is 9.97 Å². The van der Waals surface area contributed by atoms with Crippen LogP contribution in [-0.2, 0) is 0 Å². The smallest absolute Gasteiger partial charge is 0.270 e. The predicted octanol–water partition coefficient (Wildman–Crippen LogP) is 2.22. The largest absolute Gasteiger partial charge is 0.365 e. The van der Waals surface area contributed by atoms with E-state index in [1.165, 1.54) is 18.5 Å². The van der Waals surface area contributed by atoms with Gasteiger partial charge in [0.25, 0.3) is 5.69 Å². The number of rotatable bonds is 3. The highest BCUT2D eigenvalue weighted by molar-refractivity contribution is 5.90. The van der Waals surface area contributed by atoms with Crippen LogP contribution in [0.2, 0.25) is 0 Å². The van der Waals surface area contributed by atoms with Crippen molar-refractivity contribution in [2.45, 2.75) is 37.8 Å². The van der Waals surface area contributed by atoms with Gasteiger partial charge in [-0.15, -0.1) is 0 Å². The van der Waals surface area contributed by atoms with E-state index in [1.54, 1.807) is 6.07 Å². The van der Waals surface area contributed by atoms with Gasteiger partial charge in [-0.25, -0.2) is 9.97 Å². The summed E-state index contributed by atoms with van der Waals surface area (Å²) in [6.07, 6.45) is 5.72. The number of anilines is 1. The number of nitrogens with zero attached hydrogens (tertiary/aromatic N) is 3. The number of nitro groups is 1. The molecule has 2 unspecified atom stereocenters. The summed E-state index contributed by atoms with van der Waals surface area (Å²) in [5.41, 5.74) is 6.85. The number of aromatic nitrogens is 2. The third-order valence-electron chi connectivity index (χ3n) is 3.97. The highest BCUT2D eigenvalue weighted by Crippen LogP contribution is 2.27. The minimum Gasteiger partial charge on any atom is -0.365 e.